The minimum atomic E-state index is -1.21. The van der Waals surface area contributed by atoms with E-state index < -0.39 is 17.7 Å². The molecule has 7 nitrogen and oxygen atoms in total. The number of carbonyl (C=O) groups is 1. The number of hydrogen-bond donors (Lipinski definition) is 2. The van der Waals surface area contributed by atoms with Gasteiger partial charge in [-0.1, -0.05) is 5.11 Å². The predicted molar refractivity (Wildman–Crippen MR) is 45.6 cm³/mol. The molecule has 14 heavy (non-hydrogen) atoms. The SMILES string of the molecule is [N-]=[N+]=NC[C@]1(O)CC[C@H](C(=O)O)OC1. The van der Waals surface area contributed by atoms with Crippen LogP contribution in [0.5, 0.6) is 0 Å². The van der Waals surface area contributed by atoms with Gasteiger partial charge in [0.05, 0.1) is 18.8 Å². The van der Waals surface area contributed by atoms with Crippen molar-refractivity contribution in [2.45, 2.75) is 24.5 Å². The number of carboxylic acid groups (broad SMARTS) is 1. The van der Waals surface area contributed by atoms with E-state index in [2.05, 4.69) is 10.0 Å². The van der Waals surface area contributed by atoms with E-state index in [1.807, 2.05) is 0 Å². The van der Waals surface area contributed by atoms with E-state index in [4.69, 9.17) is 15.4 Å². The second kappa shape index (κ2) is 4.28. The van der Waals surface area contributed by atoms with Crippen LogP contribution < -0.4 is 0 Å². The zero-order valence-corrected chi connectivity index (χ0v) is 7.46. The molecular weight excluding hydrogens is 190 g/mol. The monoisotopic (exact) mass is 201 g/mol. The number of aliphatic carboxylic acids is 1. The van der Waals surface area contributed by atoms with Crippen molar-refractivity contribution in [1.29, 1.82) is 0 Å². The Bertz CT molecular complexity index is 266. The first-order valence-electron chi connectivity index (χ1n) is 4.15. The average molecular weight is 201 g/mol. The van der Waals surface area contributed by atoms with Crippen LogP contribution in [0, 0.1) is 0 Å². The Labute approximate surface area is 79.9 Å². The molecule has 0 aromatic carbocycles. The van der Waals surface area contributed by atoms with E-state index in [-0.39, 0.29) is 26.0 Å². The Hall–Kier alpha value is -1.30. The van der Waals surface area contributed by atoms with E-state index >= 15 is 0 Å². The number of ether oxygens (including phenoxy) is 1. The fraction of sp³-hybridized carbons (Fsp3) is 0.857. The normalized spacial score (nSPS) is 31.9. The van der Waals surface area contributed by atoms with Crippen molar-refractivity contribution in [3.8, 4) is 0 Å². The third-order valence-electron chi connectivity index (χ3n) is 2.13. The molecule has 0 amide bonds. The Morgan fingerprint density at radius 2 is 2.50 bits per heavy atom. The fourth-order valence-electron chi connectivity index (χ4n) is 1.29. The van der Waals surface area contributed by atoms with E-state index in [1.54, 1.807) is 0 Å². The zero-order valence-electron chi connectivity index (χ0n) is 7.46. The van der Waals surface area contributed by atoms with Gasteiger partial charge in [-0.25, -0.2) is 4.79 Å². The van der Waals surface area contributed by atoms with Crippen LogP contribution >= 0.6 is 0 Å². The molecule has 0 saturated carbocycles. The van der Waals surface area contributed by atoms with Crippen molar-refractivity contribution in [1.82, 2.24) is 0 Å². The fourth-order valence-corrected chi connectivity index (χ4v) is 1.29. The molecule has 0 aromatic rings. The summed E-state index contributed by atoms with van der Waals surface area (Å²) in [7, 11) is 0. The topological polar surface area (TPSA) is 116 Å². The summed E-state index contributed by atoms with van der Waals surface area (Å²) in [5.74, 6) is -1.03. The number of azide groups is 1. The van der Waals surface area contributed by atoms with Crippen LogP contribution in [0.3, 0.4) is 0 Å². The van der Waals surface area contributed by atoms with Gasteiger partial charge < -0.3 is 14.9 Å². The Morgan fingerprint density at radius 1 is 1.79 bits per heavy atom. The van der Waals surface area contributed by atoms with Crippen molar-refractivity contribution < 1.29 is 19.7 Å². The highest BCUT2D eigenvalue weighted by atomic mass is 16.5. The highest BCUT2D eigenvalue weighted by Crippen LogP contribution is 2.23. The summed E-state index contributed by atoms with van der Waals surface area (Å²) in [4.78, 5) is 13.0. The van der Waals surface area contributed by atoms with Gasteiger partial charge in [0, 0.05) is 4.91 Å². The van der Waals surface area contributed by atoms with E-state index in [0.717, 1.165) is 0 Å². The molecule has 0 unspecified atom stereocenters. The minimum absolute atomic E-state index is 0.0875. The van der Waals surface area contributed by atoms with Gasteiger partial charge >= 0.3 is 5.97 Å². The van der Waals surface area contributed by atoms with Crippen LogP contribution in [0.1, 0.15) is 12.8 Å². The van der Waals surface area contributed by atoms with Gasteiger partial charge in [-0.3, -0.25) is 0 Å². The van der Waals surface area contributed by atoms with Crippen LogP contribution in [-0.2, 0) is 9.53 Å². The first-order valence-corrected chi connectivity index (χ1v) is 4.15. The summed E-state index contributed by atoms with van der Waals surface area (Å²) in [6.45, 7) is -0.196. The number of carboxylic acids is 1. The number of hydrogen-bond acceptors (Lipinski definition) is 4. The lowest BCUT2D eigenvalue weighted by atomic mass is 9.94. The second-order valence-electron chi connectivity index (χ2n) is 3.29. The first-order chi connectivity index (χ1) is 6.57. The van der Waals surface area contributed by atoms with Crippen LogP contribution in [0.15, 0.2) is 5.11 Å². The molecular formula is C7H11N3O4. The maximum absolute atomic E-state index is 10.5. The minimum Gasteiger partial charge on any atom is -0.479 e. The maximum atomic E-state index is 10.5. The van der Waals surface area contributed by atoms with E-state index in [9.17, 15) is 9.90 Å². The van der Waals surface area contributed by atoms with Crippen LogP contribution in [0.2, 0.25) is 0 Å². The molecule has 0 aliphatic carbocycles. The summed E-state index contributed by atoms with van der Waals surface area (Å²) in [6, 6.07) is 0. The van der Waals surface area contributed by atoms with Crippen molar-refractivity contribution >= 4 is 5.97 Å². The molecule has 1 rings (SSSR count). The number of nitrogens with zero attached hydrogens (tertiary/aromatic N) is 3. The van der Waals surface area contributed by atoms with E-state index in [0.29, 0.717) is 0 Å². The molecule has 1 fully saturated rings. The molecule has 2 atom stereocenters. The molecule has 0 radical (unpaired) electrons. The van der Waals surface area contributed by atoms with Crippen LogP contribution in [0.25, 0.3) is 10.4 Å². The third kappa shape index (κ3) is 2.59. The number of rotatable bonds is 3. The van der Waals surface area contributed by atoms with Crippen molar-refractivity contribution in [2.75, 3.05) is 13.2 Å². The molecule has 78 valence electrons. The smallest absolute Gasteiger partial charge is 0.332 e. The maximum Gasteiger partial charge on any atom is 0.332 e. The first kappa shape index (κ1) is 10.8. The summed E-state index contributed by atoms with van der Waals surface area (Å²) < 4.78 is 4.92. The molecule has 2 N–H and O–H groups in total. The molecule has 1 saturated heterocycles. The van der Waals surface area contributed by atoms with Gasteiger partial charge in [0.2, 0.25) is 0 Å². The van der Waals surface area contributed by atoms with E-state index in [1.165, 1.54) is 0 Å². The van der Waals surface area contributed by atoms with Crippen molar-refractivity contribution in [3.05, 3.63) is 10.4 Å². The standard InChI is InChI=1S/C7H11N3O4/c8-10-9-3-7(13)2-1-5(6(11)12)14-4-7/h5,13H,1-4H2,(H,11,12)/t5-,7-/m1/s1. The molecule has 0 aromatic heterocycles. The molecule has 1 heterocycles. The zero-order chi connectivity index (χ0) is 10.6. The molecule has 1 aliphatic heterocycles. The summed E-state index contributed by atoms with van der Waals surface area (Å²) in [5.41, 5.74) is 6.85. The van der Waals surface area contributed by atoms with Gasteiger partial charge in [-0.05, 0) is 18.4 Å². The van der Waals surface area contributed by atoms with Gasteiger partial charge in [-0.2, -0.15) is 0 Å². The Morgan fingerprint density at radius 3 is 2.93 bits per heavy atom. The molecule has 1 aliphatic rings. The van der Waals surface area contributed by atoms with Gasteiger partial charge in [0.15, 0.2) is 6.10 Å². The average Bonchev–Trinajstić information content (AvgIpc) is 2.16. The lowest BCUT2D eigenvalue weighted by Gasteiger charge is -2.33. The summed E-state index contributed by atoms with van der Waals surface area (Å²) >= 11 is 0. The molecule has 0 spiro atoms. The highest BCUT2D eigenvalue weighted by molar-refractivity contribution is 5.72. The second-order valence-corrected chi connectivity index (χ2v) is 3.29. The Kier molecular flexibility index (Phi) is 3.29. The van der Waals surface area contributed by atoms with Gasteiger partial charge in [-0.15, -0.1) is 0 Å². The number of aliphatic hydroxyl groups is 1. The lowest BCUT2D eigenvalue weighted by molar-refractivity contribution is -0.166. The van der Waals surface area contributed by atoms with Crippen molar-refractivity contribution in [2.24, 2.45) is 5.11 Å². The van der Waals surface area contributed by atoms with Gasteiger partial charge in [0.1, 0.15) is 0 Å². The quantitative estimate of drug-likeness (QED) is 0.387. The van der Waals surface area contributed by atoms with Crippen LogP contribution in [0.4, 0.5) is 0 Å². The molecule has 0 bridgehead atoms. The Balaban J connectivity index is 2.48. The lowest BCUT2D eigenvalue weighted by Crippen LogP contribution is -2.46. The predicted octanol–water partition coefficient (Wildman–Crippen LogP) is 0.291. The largest absolute Gasteiger partial charge is 0.479 e. The summed E-state index contributed by atoms with van der Waals surface area (Å²) in [5, 5.41) is 21.6. The van der Waals surface area contributed by atoms with Crippen LogP contribution in [-0.4, -0.2) is 41.0 Å². The third-order valence-corrected chi connectivity index (χ3v) is 2.13. The van der Waals surface area contributed by atoms with Gasteiger partial charge in [0.25, 0.3) is 0 Å². The molecule has 7 heteroatoms. The highest BCUT2D eigenvalue weighted by Gasteiger charge is 2.35. The van der Waals surface area contributed by atoms with Crippen molar-refractivity contribution in [3.63, 3.8) is 0 Å². The summed E-state index contributed by atoms with van der Waals surface area (Å²) in [6.07, 6.45) is -0.364.